The van der Waals surface area contributed by atoms with E-state index < -0.39 is 0 Å². The Bertz CT molecular complexity index is 420. The van der Waals surface area contributed by atoms with Crippen LogP contribution in [-0.2, 0) is 0 Å². The predicted octanol–water partition coefficient (Wildman–Crippen LogP) is 3.26. The molecule has 0 spiro atoms. The van der Waals surface area contributed by atoms with Crippen LogP contribution in [0.1, 0.15) is 31.2 Å². The quantitative estimate of drug-likeness (QED) is 0.828. The van der Waals surface area contributed by atoms with Gasteiger partial charge in [0.15, 0.2) is 0 Å². The maximum Gasteiger partial charge on any atom is 0.0223 e. The molecule has 0 bridgehead atoms. The lowest BCUT2D eigenvalue weighted by atomic mass is 10.0. The van der Waals surface area contributed by atoms with Crippen molar-refractivity contribution in [1.29, 1.82) is 0 Å². The Morgan fingerprint density at radius 2 is 1.80 bits per heavy atom. The molecular formula is C18H26N2. The fourth-order valence-electron chi connectivity index (χ4n) is 3.50. The van der Waals surface area contributed by atoms with E-state index in [0.717, 1.165) is 12.6 Å². The van der Waals surface area contributed by atoms with Crippen LogP contribution in [0.4, 0.5) is 0 Å². The largest absolute Gasteiger partial charge is 0.299 e. The molecule has 0 N–H and O–H groups in total. The number of rotatable bonds is 4. The van der Waals surface area contributed by atoms with Crippen LogP contribution in [-0.4, -0.2) is 48.6 Å². The van der Waals surface area contributed by atoms with Crippen molar-refractivity contribution >= 4 is 6.08 Å². The molecule has 2 aliphatic rings. The number of piperidine rings is 1. The van der Waals surface area contributed by atoms with Crippen molar-refractivity contribution in [2.24, 2.45) is 0 Å². The van der Waals surface area contributed by atoms with Crippen molar-refractivity contribution in [1.82, 2.24) is 9.80 Å². The molecule has 1 aromatic carbocycles. The van der Waals surface area contributed by atoms with E-state index in [-0.39, 0.29) is 0 Å². The third-order valence-electron chi connectivity index (χ3n) is 4.61. The van der Waals surface area contributed by atoms with Crippen molar-refractivity contribution < 1.29 is 0 Å². The number of likely N-dealkylation sites (tertiary alicyclic amines) is 2. The van der Waals surface area contributed by atoms with E-state index in [1.54, 1.807) is 0 Å². The second kappa shape index (κ2) is 7.05. The van der Waals surface area contributed by atoms with Gasteiger partial charge in [-0.15, -0.1) is 0 Å². The van der Waals surface area contributed by atoms with Crippen LogP contribution in [0.25, 0.3) is 6.08 Å². The molecule has 2 heterocycles. The molecule has 2 fully saturated rings. The molecule has 0 radical (unpaired) electrons. The smallest absolute Gasteiger partial charge is 0.0223 e. The highest BCUT2D eigenvalue weighted by Crippen LogP contribution is 2.20. The second-order valence-electron chi connectivity index (χ2n) is 6.11. The molecule has 0 aromatic heterocycles. The molecule has 1 atom stereocenters. The van der Waals surface area contributed by atoms with E-state index in [4.69, 9.17) is 0 Å². The zero-order valence-electron chi connectivity index (χ0n) is 12.4. The molecule has 2 saturated heterocycles. The molecular weight excluding hydrogens is 244 g/mol. The van der Waals surface area contributed by atoms with E-state index in [9.17, 15) is 0 Å². The topological polar surface area (TPSA) is 6.48 Å². The standard InChI is InChI=1S/C18H26N2/c1-2-8-17(9-3-1)10-6-12-19-13-7-11-18(16-19)20-14-4-5-15-20/h1-3,6,8-10,18H,4-5,7,11-16H2/b10-6-/t18-/m0/s1. The monoisotopic (exact) mass is 270 g/mol. The Morgan fingerprint density at radius 3 is 2.60 bits per heavy atom. The van der Waals surface area contributed by atoms with Gasteiger partial charge in [-0.2, -0.15) is 0 Å². The number of hydrogen-bond acceptors (Lipinski definition) is 2. The summed E-state index contributed by atoms with van der Waals surface area (Å²) in [5.74, 6) is 0. The van der Waals surface area contributed by atoms with Gasteiger partial charge in [0, 0.05) is 19.1 Å². The number of benzene rings is 1. The highest BCUT2D eigenvalue weighted by molar-refractivity contribution is 5.48. The minimum absolute atomic E-state index is 0.816. The van der Waals surface area contributed by atoms with E-state index in [0.29, 0.717) is 0 Å². The van der Waals surface area contributed by atoms with Gasteiger partial charge in [0.25, 0.3) is 0 Å². The first-order valence-corrected chi connectivity index (χ1v) is 8.10. The van der Waals surface area contributed by atoms with Crippen LogP contribution in [0.5, 0.6) is 0 Å². The molecule has 108 valence electrons. The third-order valence-corrected chi connectivity index (χ3v) is 4.61. The first kappa shape index (κ1) is 13.8. The van der Waals surface area contributed by atoms with Gasteiger partial charge in [-0.1, -0.05) is 42.5 Å². The lowest BCUT2D eigenvalue weighted by Gasteiger charge is -2.37. The third kappa shape index (κ3) is 3.71. The van der Waals surface area contributed by atoms with Crippen molar-refractivity contribution in [3.8, 4) is 0 Å². The summed E-state index contributed by atoms with van der Waals surface area (Å²) >= 11 is 0. The fraction of sp³-hybridized carbons (Fsp3) is 0.556. The Hall–Kier alpha value is -1.12. The Morgan fingerprint density at radius 1 is 1.00 bits per heavy atom. The molecule has 0 aliphatic carbocycles. The van der Waals surface area contributed by atoms with E-state index >= 15 is 0 Å². The maximum absolute atomic E-state index is 2.72. The zero-order chi connectivity index (χ0) is 13.6. The van der Waals surface area contributed by atoms with Crippen molar-refractivity contribution in [2.45, 2.75) is 31.7 Å². The summed E-state index contributed by atoms with van der Waals surface area (Å²) in [7, 11) is 0. The van der Waals surface area contributed by atoms with Crippen molar-refractivity contribution in [3.05, 3.63) is 42.0 Å². The van der Waals surface area contributed by atoms with Crippen LogP contribution in [0, 0.1) is 0 Å². The maximum atomic E-state index is 2.72. The lowest BCUT2D eigenvalue weighted by molar-refractivity contribution is 0.124. The Kier molecular flexibility index (Phi) is 4.88. The minimum atomic E-state index is 0.816. The molecule has 0 saturated carbocycles. The van der Waals surface area contributed by atoms with Gasteiger partial charge in [-0.05, 0) is 50.9 Å². The van der Waals surface area contributed by atoms with Crippen molar-refractivity contribution in [3.63, 3.8) is 0 Å². The van der Waals surface area contributed by atoms with Crippen LogP contribution < -0.4 is 0 Å². The van der Waals surface area contributed by atoms with Gasteiger partial charge in [0.2, 0.25) is 0 Å². The first-order chi connectivity index (χ1) is 9.92. The molecule has 2 aliphatic heterocycles. The van der Waals surface area contributed by atoms with Crippen LogP contribution in [0.2, 0.25) is 0 Å². The summed E-state index contributed by atoms with van der Waals surface area (Å²) in [5.41, 5.74) is 1.31. The van der Waals surface area contributed by atoms with Gasteiger partial charge >= 0.3 is 0 Å². The minimum Gasteiger partial charge on any atom is -0.299 e. The molecule has 2 heteroatoms. The number of nitrogens with zero attached hydrogens (tertiary/aromatic N) is 2. The van der Waals surface area contributed by atoms with Crippen LogP contribution >= 0.6 is 0 Å². The average Bonchev–Trinajstić information content (AvgIpc) is 3.03. The normalized spacial score (nSPS) is 25.5. The van der Waals surface area contributed by atoms with Crippen LogP contribution in [0.3, 0.4) is 0 Å². The number of hydrogen-bond donors (Lipinski definition) is 0. The second-order valence-corrected chi connectivity index (χ2v) is 6.11. The van der Waals surface area contributed by atoms with Gasteiger partial charge in [0.05, 0.1) is 0 Å². The molecule has 0 amide bonds. The highest BCUT2D eigenvalue weighted by atomic mass is 15.2. The van der Waals surface area contributed by atoms with Crippen molar-refractivity contribution in [2.75, 3.05) is 32.7 Å². The summed E-state index contributed by atoms with van der Waals surface area (Å²) in [4.78, 5) is 5.33. The molecule has 0 unspecified atom stereocenters. The lowest BCUT2D eigenvalue weighted by Crippen LogP contribution is -2.46. The molecule has 20 heavy (non-hydrogen) atoms. The summed E-state index contributed by atoms with van der Waals surface area (Å²) in [6.07, 6.45) is 10.1. The van der Waals surface area contributed by atoms with E-state index in [1.807, 2.05) is 0 Å². The Balaban J connectivity index is 1.49. The first-order valence-electron chi connectivity index (χ1n) is 8.10. The van der Waals surface area contributed by atoms with Gasteiger partial charge < -0.3 is 0 Å². The van der Waals surface area contributed by atoms with Gasteiger partial charge in [0.1, 0.15) is 0 Å². The van der Waals surface area contributed by atoms with Gasteiger partial charge in [-0.25, -0.2) is 0 Å². The summed E-state index contributed by atoms with van der Waals surface area (Å²) in [5, 5.41) is 0. The van der Waals surface area contributed by atoms with Crippen LogP contribution in [0.15, 0.2) is 36.4 Å². The SMILES string of the molecule is C(=C/c1ccccc1)/CN1CCC[C@H](N2CCCC2)C1. The van der Waals surface area contributed by atoms with Gasteiger partial charge in [-0.3, -0.25) is 9.80 Å². The zero-order valence-corrected chi connectivity index (χ0v) is 12.4. The summed E-state index contributed by atoms with van der Waals surface area (Å²) in [6.45, 7) is 6.29. The summed E-state index contributed by atoms with van der Waals surface area (Å²) in [6, 6.07) is 11.4. The average molecular weight is 270 g/mol. The highest BCUT2D eigenvalue weighted by Gasteiger charge is 2.26. The fourth-order valence-corrected chi connectivity index (χ4v) is 3.50. The molecule has 3 rings (SSSR count). The Labute approximate surface area is 123 Å². The summed E-state index contributed by atoms with van der Waals surface area (Å²) < 4.78 is 0. The molecule has 2 nitrogen and oxygen atoms in total. The van der Waals surface area contributed by atoms with E-state index in [2.05, 4.69) is 52.3 Å². The predicted molar refractivity (Wildman–Crippen MR) is 85.7 cm³/mol. The van der Waals surface area contributed by atoms with E-state index in [1.165, 1.54) is 57.4 Å². The molecule has 1 aromatic rings.